The van der Waals surface area contributed by atoms with Gasteiger partial charge in [0.25, 0.3) is 11.6 Å². The monoisotopic (exact) mass is 351 g/mol. The number of nitrogens with one attached hydrogen (secondary N) is 1. The molecule has 1 N–H and O–H groups in total. The van der Waals surface area contributed by atoms with Gasteiger partial charge in [-0.1, -0.05) is 51.1 Å². The Labute approximate surface area is 152 Å². The molecule has 0 bridgehead atoms. The summed E-state index contributed by atoms with van der Waals surface area (Å²) in [7, 11) is 0. The van der Waals surface area contributed by atoms with Crippen molar-refractivity contribution in [3.05, 3.63) is 81.4 Å². The van der Waals surface area contributed by atoms with Gasteiger partial charge in [-0.2, -0.15) is 5.10 Å². The van der Waals surface area contributed by atoms with Gasteiger partial charge in [-0.15, -0.1) is 0 Å². The molecular formula is C20H21N3O3. The Morgan fingerprint density at radius 2 is 1.85 bits per heavy atom. The van der Waals surface area contributed by atoms with E-state index in [2.05, 4.69) is 31.3 Å². The van der Waals surface area contributed by atoms with Gasteiger partial charge in [-0.05, 0) is 34.8 Å². The molecule has 0 saturated carbocycles. The van der Waals surface area contributed by atoms with Crippen LogP contribution in [-0.4, -0.2) is 17.0 Å². The lowest BCUT2D eigenvalue weighted by Gasteiger charge is -2.18. The molecule has 134 valence electrons. The van der Waals surface area contributed by atoms with Gasteiger partial charge in [0.1, 0.15) is 0 Å². The van der Waals surface area contributed by atoms with E-state index in [-0.39, 0.29) is 17.0 Å². The molecule has 0 aliphatic carbocycles. The van der Waals surface area contributed by atoms with Crippen LogP contribution in [-0.2, 0) is 5.41 Å². The number of amides is 1. The minimum absolute atomic E-state index is 0.0242. The molecule has 0 unspecified atom stereocenters. The Balaban J connectivity index is 1.92. The quantitative estimate of drug-likeness (QED) is 0.494. The maximum Gasteiger partial charge on any atom is 0.271 e. The van der Waals surface area contributed by atoms with Crippen LogP contribution in [0.1, 0.15) is 42.3 Å². The van der Waals surface area contributed by atoms with Crippen LogP contribution in [0, 0.1) is 10.1 Å². The van der Waals surface area contributed by atoms with E-state index in [9.17, 15) is 14.9 Å². The Hall–Kier alpha value is -3.28. The molecule has 0 saturated heterocycles. The van der Waals surface area contributed by atoms with Crippen molar-refractivity contribution < 1.29 is 9.72 Å². The highest BCUT2D eigenvalue weighted by Crippen LogP contribution is 2.22. The number of allylic oxidation sites excluding steroid dienone is 1. The first-order chi connectivity index (χ1) is 12.3. The zero-order valence-electron chi connectivity index (χ0n) is 15.0. The fraction of sp³-hybridized carbons (Fsp3) is 0.200. The normalized spacial score (nSPS) is 11.8. The summed E-state index contributed by atoms with van der Waals surface area (Å²) in [6.45, 7) is 6.33. The van der Waals surface area contributed by atoms with E-state index in [1.165, 1.54) is 18.3 Å². The van der Waals surface area contributed by atoms with Crippen LogP contribution in [0.5, 0.6) is 0 Å². The van der Waals surface area contributed by atoms with E-state index in [1.807, 2.05) is 12.1 Å². The topological polar surface area (TPSA) is 84.6 Å². The number of hydrazone groups is 1. The highest BCUT2D eigenvalue weighted by Gasteiger charge is 2.14. The van der Waals surface area contributed by atoms with E-state index in [4.69, 9.17) is 0 Å². The number of carbonyl (C=O) groups excluding carboxylic acids is 1. The lowest BCUT2D eigenvalue weighted by molar-refractivity contribution is -0.384. The average molecular weight is 351 g/mol. The second-order valence-electron chi connectivity index (χ2n) is 6.76. The van der Waals surface area contributed by atoms with Crippen molar-refractivity contribution in [1.29, 1.82) is 0 Å². The zero-order chi connectivity index (χ0) is 19.2. The predicted molar refractivity (Wildman–Crippen MR) is 103 cm³/mol. The van der Waals surface area contributed by atoms with Gasteiger partial charge < -0.3 is 0 Å². The number of carbonyl (C=O) groups is 1. The summed E-state index contributed by atoms with van der Waals surface area (Å²) >= 11 is 0. The first-order valence-electron chi connectivity index (χ1n) is 8.12. The SMILES string of the molecule is CC(C)(C)c1ccc(C(=O)NN=CC=Cc2cccc([N+](=O)[O-])c2)cc1. The third-order valence-electron chi connectivity index (χ3n) is 3.71. The summed E-state index contributed by atoms with van der Waals surface area (Å²) in [5, 5.41) is 14.6. The molecule has 0 atom stereocenters. The van der Waals surface area contributed by atoms with Crippen LogP contribution < -0.4 is 5.43 Å². The largest absolute Gasteiger partial charge is 0.271 e. The van der Waals surface area contributed by atoms with Crippen molar-refractivity contribution in [1.82, 2.24) is 5.43 Å². The van der Waals surface area contributed by atoms with Gasteiger partial charge in [-0.25, -0.2) is 5.43 Å². The van der Waals surface area contributed by atoms with Crippen molar-refractivity contribution in [2.45, 2.75) is 26.2 Å². The maximum atomic E-state index is 12.0. The summed E-state index contributed by atoms with van der Waals surface area (Å²) in [5.41, 5.74) is 4.85. The van der Waals surface area contributed by atoms with Gasteiger partial charge >= 0.3 is 0 Å². The van der Waals surface area contributed by atoms with Crippen molar-refractivity contribution >= 4 is 23.9 Å². The van der Waals surface area contributed by atoms with Crippen LogP contribution >= 0.6 is 0 Å². The number of benzene rings is 2. The molecule has 6 nitrogen and oxygen atoms in total. The number of nitro benzene ring substituents is 1. The molecule has 0 spiro atoms. The fourth-order valence-corrected chi connectivity index (χ4v) is 2.22. The van der Waals surface area contributed by atoms with E-state index in [0.29, 0.717) is 11.1 Å². The molecule has 2 aromatic carbocycles. The third-order valence-corrected chi connectivity index (χ3v) is 3.71. The minimum atomic E-state index is -0.448. The minimum Gasteiger partial charge on any atom is -0.267 e. The van der Waals surface area contributed by atoms with E-state index in [0.717, 1.165) is 5.56 Å². The number of nitrogens with zero attached hydrogens (tertiary/aromatic N) is 2. The van der Waals surface area contributed by atoms with E-state index in [1.54, 1.807) is 36.4 Å². The molecule has 0 aliphatic heterocycles. The molecule has 0 aromatic heterocycles. The maximum absolute atomic E-state index is 12.0. The number of rotatable bonds is 5. The van der Waals surface area contributed by atoms with Crippen molar-refractivity contribution in [2.24, 2.45) is 5.10 Å². The molecule has 0 aliphatic rings. The van der Waals surface area contributed by atoms with Crippen LogP contribution in [0.4, 0.5) is 5.69 Å². The molecule has 6 heteroatoms. The third kappa shape index (κ3) is 5.37. The first kappa shape index (κ1) is 19.1. The summed E-state index contributed by atoms with van der Waals surface area (Å²) < 4.78 is 0. The van der Waals surface area contributed by atoms with Gasteiger partial charge in [0.2, 0.25) is 0 Å². The Morgan fingerprint density at radius 3 is 2.46 bits per heavy atom. The summed E-state index contributed by atoms with van der Waals surface area (Å²) in [6.07, 6.45) is 4.68. The Bertz CT molecular complexity index is 847. The number of nitro groups is 1. The first-order valence-corrected chi connectivity index (χ1v) is 8.12. The molecular weight excluding hydrogens is 330 g/mol. The van der Waals surface area contributed by atoms with Gasteiger partial charge in [0.15, 0.2) is 0 Å². The van der Waals surface area contributed by atoms with Crippen LogP contribution in [0.3, 0.4) is 0 Å². The van der Waals surface area contributed by atoms with Crippen molar-refractivity contribution in [3.63, 3.8) is 0 Å². The molecule has 0 heterocycles. The Kier molecular flexibility index (Phi) is 6.01. The summed E-state index contributed by atoms with van der Waals surface area (Å²) in [5.74, 6) is -0.301. The lowest BCUT2D eigenvalue weighted by atomic mass is 9.87. The second kappa shape index (κ2) is 8.20. The molecule has 0 fully saturated rings. The molecule has 2 aromatic rings. The van der Waals surface area contributed by atoms with Gasteiger partial charge in [0.05, 0.1) is 4.92 Å². The highest BCUT2D eigenvalue weighted by atomic mass is 16.6. The zero-order valence-corrected chi connectivity index (χ0v) is 15.0. The number of hydrogen-bond donors (Lipinski definition) is 1. The average Bonchev–Trinajstić information content (AvgIpc) is 2.61. The highest BCUT2D eigenvalue weighted by molar-refractivity contribution is 5.94. The van der Waals surface area contributed by atoms with Crippen molar-refractivity contribution in [3.8, 4) is 0 Å². The van der Waals surface area contributed by atoms with Crippen molar-refractivity contribution in [2.75, 3.05) is 0 Å². The predicted octanol–water partition coefficient (Wildman–Crippen LogP) is 4.32. The molecule has 26 heavy (non-hydrogen) atoms. The van der Waals surface area contributed by atoms with Crippen LogP contribution in [0.25, 0.3) is 6.08 Å². The fourth-order valence-electron chi connectivity index (χ4n) is 2.22. The molecule has 1 amide bonds. The van der Waals surface area contributed by atoms with Gasteiger partial charge in [-0.3, -0.25) is 14.9 Å². The lowest BCUT2D eigenvalue weighted by Crippen LogP contribution is -2.18. The van der Waals surface area contributed by atoms with Gasteiger partial charge in [0, 0.05) is 23.9 Å². The van der Waals surface area contributed by atoms with E-state index < -0.39 is 4.92 Å². The second-order valence-corrected chi connectivity index (χ2v) is 6.76. The Morgan fingerprint density at radius 1 is 1.15 bits per heavy atom. The molecule has 2 rings (SSSR count). The number of hydrogen-bond acceptors (Lipinski definition) is 4. The summed E-state index contributed by atoms with van der Waals surface area (Å²) in [4.78, 5) is 22.3. The summed E-state index contributed by atoms with van der Waals surface area (Å²) in [6, 6.07) is 13.6. The smallest absolute Gasteiger partial charge is 0.267 e. The number of non-ortho nitro benzene ring substituents is 1. The van der Waals surface area contributed by atoms with E-state index >= 15 is 0 Å². The van der Waals surface area contributed by atoms with Crippen LogP contribution in [0.2, 0.25) is 0 Å². The molecule has 0 radical (unpaired) electrons. The standard InChI is InChI=1S/C20H21N3O3/c1-20(2,3)17-11-9-16(10-12-17)19(24)22-21-13-5-7-15-6-4-8-18(14-15)23(25)26/h4-14H,1-3H3,(H,22,24). The van der Waals surface area contributed by atoms with Crippen LogP contribution in [0.15, 0.2) is 59.7 Å².